The second-order valence-electron chi connectivity index (χ2n) is 29.9. The Kier molecular flexibility index (Phi) is 21.0. The molecule has 5 aliphatic heterocycles. The van der Waals surface area contributed by atoms with Crippen LogP contribution in [-0.4, -0.2) is 171 Å². The molecule has 8 fully saturated rings. The SMILES string of the molecule is CC(=O)O[C@@H]1[C@@H](OC(C)=O)[C@H](C)O[C@@H](O[C@H]2[C@H](O[C@H]3CC[C@@]4(C)C(=CC[C@@H]5[C@@H]4CC[C@]4(C)C6C(C[C@@H]54)O[C@]4(CC[C@@H](C)CO4)C6C)C3)O[C@H](COC(=O)C(C)(C)C)[C@@H](O[C@@H]3O[C@@H](C)[C@H](OC(C)=O)[C@@H](OC(C)=O)[C@H]3OC(C)=O)[C@@H]2OC(=O)C(C)(C)C)[C@@H]1OC(C)=O. The van der Waals surface area contributed by atoms with Gasteiger partial charge in [0, 0.05) is 53.9 Å². The van der Waals surface area contributed by atoms with E-state index in [9.17, 15) is 38.4 Å². The molecule has 0 N–H and O–H groups in total. The topological polar surface area (TPSA) is 284 Å². The summed E-state index contributed by atoms with van der Waals surface area (Å²) in [4.78, 5) is 106. The molecule has 512 valence electrons. The Hall–Kier alpha value is -4.82. The van der Waals surface area contributed by atoms with Gasteiger partial charge in [0.2, 0.25) is 0 Å². The van der Waals surface area contributed by atoms with Crippen molar-refractivity contribution in [3.63, 3.8) is 0 Å². The lowest BCUT2D eigenvalue weighted by atomic mass is 9.47. The molecule has 9 rings (SSSR count). The van der Waals surface area contributed by atoms with Crippen LogP contribution in [0.5, 0.6) is 0 Å². The number of esters is 8. The van der Waals surface area contributed by atoms with Gasteiger partial charge in [-0.2, -0.15) is 0 Å². The Labute approximate surface area is 534 Å². The summed E-state index contributed by atoms with van der Waals surface area (Å²) >= 11 is 0. The maximum Gasteiger partial charge on any atom is 0.311 e. The number of allylic oxidation sites excluding steroid dienone is 1. The van der Waals surface area contributed by atoms with E-state index in [1.54, 1.807) is 41.5 Å². The van der Waals surface area contributed by atoms with Crippen molar-refractivity contribution in [2.75, 3.05) is 13.2 Å². The van der Waals surface area contributed by atoms with E-state index in [1.807, 2.05) is 0 Å². The maximum atomic E-state index is 14.8. The number of carbonyl (C=O) groups is 8. The van der Waals surface area contributed by atoms with Crippen LogP contribution >= 0.6 is 0 Å². The Morgan fingerprint density at radius 2 is 1.03 bits per heavy atom. The van der Waals surface area contributed by atoms with E-state index >= 15 is 0 Å². The number of ether oxygens (including phenoxy) is 16. The molecule has 4 aliphatic carbocycles. The van der Waals surface area contributed by atoms with Gasteiger partial charge in [-0.1, -0.05) is 39.3 Å². The second-order valence-corrected chi connectivity index (χ2v) is 29.9. The summed E-state index contributed by atoms with van der Waals surface area (Å²) in [6.07, 6.45) is -13.4. The monoisotopic (exact) mass is 1290 g/mol. The van der Waals surface area contributed by atoms with Gasteiger partial charge in [0.15, 0.2) is 73.5 Å². The van der Waals surface area contributed by atoms with Crippen LogP contribution in [0.15, 0.2) is 11.6 Å². The first-order chi connectivity index (χ1) is 42.4. The zero-order chi connectivity index (χ0) is 66.8. The number of rotatable bonds is 15. The first-order valence-corrected chi connectivity index (χ1v) is 32.8. The van der Waals surface area contributed by atoms with E-state index in [1.165, 1.54) is 19.4 Å². The van der Waals surface area contributed by atoms with Gasteiger partial charge in [-0.05, 0) is 147 Å². The van der Waals surface area contributed by atoms with Crippen molar-refractivity contribution in [1.82, 2.24) is 0 Å². The van der Waals surface area contributed by atoms with Crippen molar-refractivity contribution in [2.24, 2.45) is 57.2 Å². The van der Waals surface area contributed by atoms with Crippen LogP contribution in [0.4, 0.5) is 0 Å². The molecule has 26 atom stereocenters. The third-order valence-electron chi connectivity index (χ3n) is 20.9. The van der Waals surface area contributed by atoms with Crippen LogP contribution in [0.1, 0.15) is 182 Å². The minimum atomic E-state index is -1.77. The molecule has 3 saturated carbocycles. The van der Waals surface area contributed by atoms with Crippen molar-refractivity contribution >= 4 is 47.8 Å². The quantitative estimate of drug-likeness (QED) is 0.0856. The van der Waals surface area contributed by atoms with Crippen molar-refractivity contribution in [3.05, 3.63) is 11.6 Å². The van der Waals surface area contributed by atoms with E-state index in [0.29, 0.717) is 42.4 Å². The lowest BCUT2D eigenvalue weighted by molar-refractivity contribution is -0.389. The van der Waals surface area contributed by atoms with E-state index in [4.69, 9.17) is 75.8 Å². The van der Waals surface area contributed by atoms with Crippen LogP contribution in [0.2, 0.25) is 0 Å². The van der Waals surface area contributed by atoms with Gasteiger partial charge in [0.25, 0.3) is 0 Å². The fourth-order valence-corrected chi connectivity index (χ4v) is 16.7. The second kappa shape index (κ2) is 27.1. The predicted octanol–water partition coefficient (Wildman–Crippen LogP) is 7.86. The molecule has 1 spiro atoms. The minimum absolute atomic E-state index is 0.0931. The van der Waals surface area contributed by atoms with Crippen LogP contribution in [0, 0.1) is 57.2 Å². The number of fused-ring (bicyclic) bond motifs is 7. The summed E-state index contributed by atoms with van der Waals surface area (Å²) in [5, 5.41) is 0. The minimum Gasteiger partial charge on any atom is -0.462 e. The molecule has 0 aromatic heterocycles. The normalized spacial score (nSPS) is 42.8. The molecule has 3 unspecified atom stereocenters. The highest BCUT2D eigenvalue weighted by Gasteiger charge is 2.69. The summed E-state index contributed by atoms with van der Waals surface area (Å²) in [5.41, 5.74) is -1.14. The van der Waals surface area contributed by atoms with E-state index in [2.05, 4.69) is 33.8 Å². The zero-order valence-corrected chi connectivity index (χ0v) is 56.4. The average Bonchev–Trinajstić information content (AvgIpc) is 1.57. The number of hydrogen-bond donors (Lipinski definition) is 0. The standard InChI is InChI=1S/C67H100O24/c1-31-21-26-67(77-29-31)32(2)48-46(91-67)28-45-43-20-19-41-27-42(22-24-65(41,17)44(43)23-25-66(45,48)18)86-60-57(89-59-56(85-40(10)73)53(83-38(8)71)50(34(4)79-59)81-36(6)69)54(90-62(75)64(14,15)16)51(47(87-60)30-76-61(74)63(11,12)13)88-58-55(84-39(9)72)52(82-37(7)70)49(33(3)78-58)80-35(5)68/h19,31-34,42-60H,20-30H2,1-18H3/t31-,32?,33+,34+,42+,43-,44+,45+,46?,47-,48?,49+,50+,51-,52-,53-,54+,55-,56-,57-,58+,59+,60-,65+,66+,67-/m1/s1. The highest BCUT2D eigenvalue weighted by molar-refractivity contribution is 5.76. The zero-order valence-electron chi connectivity index (χ0n) is 56.4. The number of carbonyl (C=O) groups excluding carboxylic acids is 8. The van der Waals surface area contributed by atoms with E-state index in [0.717, 1.165) is 93.1 Å². The number of hydrogen-bond acceptors (Lipinski definition) is 24. The Morgan fingerprint density at radius 3 is 1.54 bits per heavy atom. The molecule has 91 heavy (non-hydrogen) atoms. The van der Waals surface area contributed by atoms with Crippen molar-refractivity contribution < 1.29 is 114 Å². The maximum absolute atomic E-state index is 14.8. The molecular weight excluding hydrogens is 1190 g/mol. The highest BCUT2D eigenvalue weighted by atomic mass is 16.8. The molecule has 9 aliphatic rings. The van der Waals surface area contributed by atoms with Crippen molar-refractivity contribution in [3.8, 4) is 0 Å². The summed E-state index contributed by atoms with van der Waals surface area (Å²) in [6, 6.07) is 0. The summed E-state index contributed by atoms with van der Waals surface area (Å²) < 4.78 is 102. The molecule has 5 heterocycles. The van der Waals surface area contributed by atoms with Gasteiger partial charge >= 0.3 is 47.8 Å². The van der Waals surface area contributed by atoms with Crippen molar-refractivity contribution in [1.29, 1.82) is 0 Å². The fraction of sp³-hybridized carbons (Fsp3) is 0.851. The third-order valence-corrected chi connectivity index (χ3v) is 20.9. The molecule has 0 aromatic carbocycles. The molecule has 24 heteroatoms. The van der Waals surface area contributed by atoms with Gasteiger partial charge in [0.05, 0.1) is 41.9 Å². The van der Waals surface area contributed by atoms with E-state index < -0.39 is 169 Å². The molecule has 0 bridgehead atoms. The summed E-state index contributed by atoms with van der Waals surface area (Å²) in [7, 11) is 0. The molecule has 0 amide bonds. The Bertz CT molecular complexity index is 2740. The van der Waals surface area contributed by atoms with Crippen LogP contribution in [-0.2, 0) is 114 Å². The predicted molar refractivity (Wildman–Crippen MR) is 317 cm³/mol. The van der Waals surface area contributed by atoms with Crippen LogP contribution in [0.25, 0.3) is 0 Å². The first kappa shape index (κ1) is 70.5. The summed E-state index contributed by atoms with van der Waals surface area (Å²) in [6.45, 7) is 29.2. The molecule has 0 aromatic rings. The lowest BCUT2D eigenvalue weighted by Gasteiger charge is -2.59. The summed E-state index contributed by atoms with van der Waals surface area (Å²) in [5.74, 6) is -4.46. The highest BCUT2D eigenvalue weighted by Crippen LogP contribution is 2.71. The molecular formula is C67H100O24. The van der Waals surface area contributed by atoms with Crippen LogP contribution in [0.3, 0.4) is 0 Å². The lowest BCUT2D eigenvalue weighted by Crippen LogP contribution is -2.68. The third kappa shape index (κ3) is 14.7. The Morgan fingerprint density at radius 1 is 0.538 bits per heavy atom. The smallest absolute Gasteiger partial charge is 0.311 e. The van der Waals surface area contributed by atoms with Crippen LogP contribution < -0.4 is 0 Å². The van der Waals surface area contributed by atoms with E-state index in [-0.39, 0.29) is 22.9 Å². The Balaban J connectivity index is 1.11. The van der Waals surface area contributed by atoms with Gasteiger partial charge in [-0.3, -0.25) is 38.4 Å². The average molecular weight is 1290 g/mol. The molecule has 24 nitrogen and oxygen atoms in total. The first-order valence-electron chi connectivity index (χ1n) is 32.8. The van der Waals surface area contributed by atoms with Gasteiger partial charge in [0.1, 0.15) is 18.8 Å². The van der Waals surface area contributed by atoms with Gasteiger partial charge in [-0.25, -0.2) is 0 Å². The van der Waals surface area contributed by atoms with Gasteiger partial charge in [-0.15, -0.1) is 0 Å². The molecule has 5 saturated heterocycles. The van der Waals surface area contributed by atoms with Gasteiger partial charge < -0.3 is 75.8 Å². The fourth-order valence-electron chi connectivity index (χ4n) is 16.7. The molecule has 0 radical (unpaired) electrons. The largest absolute Gasteiger partial charge is 0.462 e. The van der Waals surface area contributed by atoms with Crippen molar-refractivity contribution in [2.45, 2.75) is 293 Å².